The van der Waals surface area contributed by atoms with Gasteiger partial charge in [0.2, 0.25) is 0 Å². The van der Waals surface area contributed by atoms with Gasteiger partial charge >= 0.3 is 5.97 Å². The van der Waals surface area contributed by atoms with E-state index in [1.165, 1.54) is 0 Å². The first-order valence-corrected chi connectivity index (χ1v) is 5.03. The van der Waals surface area contributed by atoms with Crippen LogP contribution < -0.4 is 5.32 Å². The predicted molar refractivity (Wildman–Crippen MR) is 51.1 cm³/mol. The van der Waals surface area contributed by atoms with Crippen molar-refractivity contribution in [1.29, 1.82) is 0 Å². The third kappa shape index (κ3) is 1.42. The van der Waals surface area contributed by atoms with Gasteiger partial charge in [-0.25, -0.2) is 0 Å². The fraction of sp³-hybridized carbons (Fsp3) is 0.900. The van der Waals surface area contributed by atoms with Gasteiger partial charge in [0.05, 0.1) is 18.1 Å². The minimum atomic E-state index is -0.698. The largest absolute Gasteiger partial charge is 0.481 e. The van der Waals surface area contributed by atoms with E-state index in [4.69, 9.17) is 9.84 Å². The van der Waals surface area contributed by atoms with Crippen molar-refractivity contribution in [1.82, 2.24) is 5.32 Å². The first-order valence-electron chi connectivity index (χ1n) is 5.03. The molecule has 0 aliphatic carbocycles. The Morgan fingerprint density at radius 3 is 2.79 bits per heavy atom. The van der Waals surface area contributed by atoms with Crippen LogP contribution in [-0.2, 0) is 9.53 Å². The Morgan fingerprint density at radius 1 is 1.57 bits per heavy atom. The summed E-state index contributed by atoms with van der Waals surface area (Å²) < 4.78 is 5.66. The Kier molecular flexibility index (Phi) is 2.08. The molecule has 4 nitrogen and oxygen atoms in total. The van der Waals surface area contributed by atoms with Gasteiger partial charge in [0.15, 0.2) is 0 Å². The maximum Gasteiger partial charge on any atom is 0.308 e. The second-order valence-corrected chi connectivity index (χ2v) is 5.11. The molecule has 2 heterocycles. The lowest BCUT2D eigenvalue weighted by atomic mass is 9.74. The third-order valence-electron chi connectivity index (χ3n) is 3.39. The number of ether oxygens (including phenoxy) is 1. The minimum absolute atomic E-state index is 0.167. The second kappa shape index (κ2) is 2.94. The quantitative estimate of drug-likeness (QED) is 0.644. The van der Waals surface area contributed by atoms with Gasteiger partial charge in [0.25, 0.3) is 0 Å². The molecule has 0 bridgehead atoms. The van der Waals surface area contributed by atoms with Crippen molar-refractivity contribution in [3.8, 4) is 0 Å². The molecule has 2 aliphatic heterocycles. The zero-order valence-corrected chi connectivity index (χ0v) is 8.67. The molecule has 2 aliphatic rings. The summed E-state index contributed by atoms with van der Waals surface area (Å²) in [5.41, 5.74) is -0.338. The molecule has 2 fully saturated rings. The average molecular weight is 199 g/mol. The van der Waals surface area contributed by atoms with E-state index in [0.717, 1.165) is 13.0 Å². The second-order valence-electron chi connectivity index (χ2n) is 5.11. The summed E-state index contributed by atoms with van der Waals surface area (Å²) in [6.45, 7) is 5.98. The maximum atomic E-state index is 11.1. The first-order chi connectivity index (χ1) is 6.45. The Hall–Kier alpha value is -0.610. The van der Waals surface area contributed by atoms with Crippen LogP contribution in [0.5, 0.6) is 0 Å². The fourth-order valence-corrected chi connectivity index (χ4v) is 2.78. The summed E-state index contributed by atoms with van der Waals surface area (Å²) in [5, 5.41) is 12.3. The molecule has 0 radical (unpaired) electrons. The topological polar surface area (TPSA) is 58.6 Å². The monoisotopic (exact) mass is 199 g/mol. The van der Waals surface area contributed by atoms with Crippen LogP contribution in [0.1, 0.15) is 20.3 Å². The van der Waals surface area contributed by atoms with Crippen LogP contribution >= 0.6 is 0 Å². The summed E-state index contributed by atoms with van der Waals surface area (Å²) in [6.07, 6.45) is 0.837. The van der Waals surface area contributed by atoms with Gasteiger partial charge in [-0.2, -0.15) is 0 Å². The zero-order valence-electron chi connectivity index (χ0n) is 8.67. The number of carboxylic acids is 1. The molecule has 2 atom stereocenters. The van der Waals surface area contributed by atoms with Crippen molar-refractivity contribution in [2.45, 2.75) is 25.9 Å². The van der Waals surface area contributed by atoms with Gasteiger partial charge in [-0.15, -0.1) is 0 Å². The first kappa shape index (κ1) is 9.93. The molecular weight excluding hydrogens is 182 g/mol. The molecule has 0 aromatic carbocycles. The lowest BCUT2D eigenvalue weighted by Gasteiger charge is -2.26. The summed E-state index contributed by atoms with van der Waals surface area (Å²) in [4.78, 5) is 11.1. The van der Waals surface area contributed by atoms with E-state index in [9.17, 15) is 4.79 Å². The zero-order chi connectivity index (χ0) is 10.4. The summed E-state index contributed by atoms with van der Waals surface area (Å²) in [7, 11) is 0. The van der Waals surface area contributed by atoms with Gasteiger partial charge < -0.3 is 15.2 Å². The predicted octanol–water partition coefficient (Wildman–Crippen LogP) is 0.476. The van der Waals surface area contributed by atoms with Crippen molar-refractivity contribution in [3.05, 3.63) is 0 Å². The standard InChI is InChI=1S/C10H17NO3/c1-9(2)4-10(6-14-9)5-11-3-7(10)8(12)13/h7,11H,3-6H2,1-2H3,(H,12,13). The highest BCUT2D eigenvalue weighted by Crippen LogP contribution is 2.46. The molecule has 2 N–H and O–H groups in total. The molecule has 80 valence electrons. The summed E-state index contributed by atoms with van der Waals surface area (Å²) >= 11 is 0. The minimum Gasteiger partial charge on any atom is -0.481 e. The van der Waals surface area contributed by atoms with Crippen LogP contribution in [-0.4, -0.2) is 36.4 Å². The van der Waals surface area contributed by atoms with Crippen LogP contribution in [0.15, 0.2) is 0 Å². The molecular formula is C10H17NO3. The van der Waals surface area contributed by atoms with Crippen molar-refractivity contribution in [2.24, 2.45) is 11.3 Å². The lowest BCUT2D eigenvalue weighted by Crippen LogP contribution is -2.36. The highest BCUT2D eigenvalue weighted by molar-refractivity contribution is 5.72. The highest BCUT2D eigenvalue weighted by atomic mass is 16.5. The van der Waals surface area contributed by atoms with Crippen molar-refractivity contribution in [2.75, 3.05) is 19.7 Å². The molecule has 14 heavy (non-hydrogen) atoms. The third-order valence-corrected chi connectivity index (χ3v) is 3.39. The molecule has 0 saturated carbocycles. The highest BCUT2D eigenvalue weighted by Gasteiger charge is 2.54. The van der Waals surface area contributed by atoms with E-state index in [2.05, 4.69) is 5.32 Å². The summed E-state index contributed by atoms with van der Waals surface area (Å²) in [6, 6.07) is 0. The number of hydrogen-bond donors (Lipinski definition) is 2. The van der Waals surface area contributed by atoms with E-state index in [0.29, 0.717) is 13.2 Å². The van der Waals surface area contributed by atoms with E-state index < -0.39 is 5.97 Å². The van der Waals surface area contributed by atoms with Crippen molar-refractivity contribution in [3.63, 3.8) is 0 Å². The molecule has 0 aromatic rings. The lowest BCUT2D eigenvalue weighted by molar-refractivity contribution is -0.144. The van der Waals surface area contributed by atoms with Crippen LogP contribution in [0.25, 0.3) is 0 Å². The van der Waals surface area contributed by atoms with Crippen molar-refractivity contribution >= 4 is 5.97 Å². The Morgan fingerprint density at radius 2 is 2.29 bits per heavy atom. The molecule has 0 aromatic heterocycles. The van der Waals surface area contributed by atoms with E-state index in [-0.39, 0.29) is 16.9 Å². The number of rotatable bonds is 1. The van der Waals surface area contributed by atoms with E-state index in [1.54, 1.807) is 0 Å². The van der Waals surface area contributed by atoms with Gasteiger partial charge in [0.1, 0.15) is 0 Å². The van der Waals surface area contributed by atoms with Crippen molar-refractivity contribution < 1.29 is 14.6 Å². The van der Waals surface area contributed by atoms with Crippen LogP contribution in [0, 0.1) is 11.3 Å². The molecule has 2 saturated heterocycles. The number of nitrogens with one attached hydrogen (secondary N) is 1. The smallest absolute Gasteiger partial charge is 0.308 e. The normalized spacial score (nSPS) is 40.6. The Labute approximate surface area is 83.6 Å². The van der Waals surface area contributed by atoms with Gasteiger partial charge in [-0.3, -0.25) is 4.79 Å². The summed E-state index contributed by atoms with van der Waals surface area (Å²) in [5.74, 6) is -0.986. The van der Waals surface area contributed by atoms with Gasteiger partial charge in [0, 0.05) is 18.5 Å². The van der Waals surface area contributed by atoms with E-state index >= 15 is 0 Å². The number of carbonyl (C=O) groups is 1. The Bertz CT molecular complexity index is 264. The average Bonchev–Trinajstić information content (AvgIpc) is 2.57. The number of aliphatic carboxylic acids is 1. The number of hydrogen-bond acceptors (Lipinski definition) is 3. The fourth-order valence-electron chi connectivity index (χ4n) is 2.78. The number of carboxylic acid groups (broad SMARTS) is 1. The SMILES string of the molecule is CC1(C)CC2(CNCC2C(=O)O)CO1. The molecule has 1 spiro atoms. The molecule has 0 amide bonds. The Balaban J connectivity index is 2.20. The van der Waals surface area contributed by atoms with Crippen LogP contribution in [0.4, 0.5) is 0 Å². The maximum absolute atomic E-state index is 11.1. The van der Waals surface area contributed by atoms with Crippen LogP contribution in [0.2, 0.25) is 0 Å². The van der Waals surface area contributed by atoms with E-state index in [1.807, 2.05) is 13.8 Å². The van der Waals surface area contributed by atoms with Gasteiger partial charge in [-0.05, 0) is 20.3 Å². The van der Waals surface area contributed by atoms with Crippen LogP contribution in [0.3, 0.4) is 0 Å². The molecule has 2 rings (SSSR count). The van der Waals surface area contributed by atoms with Gasteiger partial charge in [-0.1, -0.05) is 0 Å². The molecule has 2 unspecified atom stereocenters. The molecule has 4 heteroatoms.